The smallest absolute Gasteiger partial charge is 0.270 e. The number of piperazine rings is 1. The van der Waals surface area contributed by atoms with Gasteiger partial charge in [-0.25, -0.2) is 19.9 Å². The van der Waals surface area contributed by atoms with Crippen LogP contribution in [-0.4, -0.2) is 122 Å². The SMILES string of the molecule is O=C1CCC(N2C(=O)c3ccc(N4CCC(CN5CCN(c6ccc(Nc7ncnc8c7ncn8C7CC(NC(=O)c8cccc(F)n8)C7)cc6)CC5)CC4)cc3C2=O)C(=O)N1. The van der Waals surface area contributed by atoms with E-state index in [0.717, 1.165) is 80.6 Å². The lowest BCUT2D eigenvalue weighted by Gasteiger charge is -2.40. The standard InChI is InChI=1S/C44H45FN12O5/c45-36-3-1-2-34(51-36)41(59)50-28-20-31(21-28)56-25-48-38-39(46-24-47-40(38)56)49-27-4-6-29(7-5-27)55-18-16-53(17-19-55)23-26-12-14-54(15-13-26)30-8-9-32-33(22-30)44(62)57(43(32)61)35-10-11-37(58)52-42(35)60/h1-9,22,24-26,28,31,35H,10-21,23H2,(H,50,59)(H,46,47,49)(H,52,58,60). The van der Waals surface area contributed by atoms with Crippen LogP contribution >= 0.6 is 0 Å². The molecule has 7 heterocycles. The number of aromatic nitrogens is 5. The summed E-state index contributed by atoms with van der Waals surface area (Å²) in [7, 11) is 0. The number of piperidine rings is 2. The molecule has 4 fully saturated rings. The topological polar surface area (TPSA) is 191 Å². The maximum Gasteiger partial charge on any atom is 0.270 e. The van der Waals surface area contributed by atoms with Gasteiger partial charge < -0.3 is 25.0 Å². The lowest BCUT2D eigenvalue weighted by molar-refractivity contribution is -0.136. The molecular formula is C44H45FN12O5. The van der Waals surface area contributed by atoms with Gasteiger partial charge in [-0.1, -0.05) is 6.07 Å². The summed E-state index contributed by atoms with van der Waals surface area (Å²) in [6.45, 7) is 6.56. The zero-order valence-electron chi connectivity index (χ0n) is 33.9. The number of fused-ring (bicyclic) bond motifs is 2. The highest BCUT2D eigenvalue weighted by atomic mass is 19.1. The Balaban J connectivity index is 0.680. The van der Waals surface area contributed by atoms with Crippen LogP contribution in [0.25, 0.3) is 11.2 Å². The summed E-state index contributed by atoms with van der Waals surface area (Å²) in [6, 6.07) is 17.0. The molecule has 18 heteroatoms. The van der Waals surface area contributed by atoms with Gasteiger partial charge in [-0.15, -0.1) is 0 Å². The summed E-state index contributed by atoms with van der Waals surface area (Å²) in [6.07, 6.45) is 6.95. The Hall–Kier alpha value is -6.82. The number of halogens is 1. The first-order valence-corrected chi connectivity index (χ1v) is 21.2. The number of pyridine rings is 1. The maximum absolute atomic E-state index is 13.5. The second-order valence-corrected chi connectivity index (χ2v) is 16.8. The minimum Gasteiger partial charge on any atom is -0.371 e. The monoisotopic (exact) mass is 840 g/mol. The molecule has 17 nitrogen and oxygen atoms in total. The number of imidazole rings is 1. The van der Waals surface area contributed by atoms with Crippen molar-refractivity contribution in [1.29, 1.82) is 0 Å². The number of carbonyl (C=O) groups excluding carboxylic acids is 5. The molecule has 0 radical (unpaired) electrons. The second kappa shape index (κ2) is 16.2. The fourth-order valence-corrected chi connectivity index (χ4v) is 9.41. The van der Waals surface area contributed by atoms with Crippen LogP contribution in [0.5, 0.6) is 0 Å². The Labute approximate surface area is 355 Å². The molecule has 3 N–H and O–H groups in total. The van der Waals surface area contributed by atoms with Gasteiger partial charge in [-0.2, -0.15) is 4.39 Å². The molecule has 1 aliphatic carbocycles. The maximum atomic E-state index is 13.5. The second-order valence-electron chi connectivity index (χ2n) is 16.8. The van der Waals surface area contributed by atoms with Crippen molar-refractivity contribution in [1.82, 2.24) is 44.9 Å². The molecule has 3 aromatic heterocycles. The average Bonchev–Trinajstić information content (AvgIpc) is 3.80. The summed E-state index contributed by atoms with van der Waals surface area (Å²) in [5.74, 6) is -1.87. The third-order valence-electron chi connectivity index (χ3n) is 12.9. The van der Waals surface area contributed by atoms with E-state index in [-0.39, 0.29) is 30.6 Å². The fraction of sp³-hybridized carbons (Fsp3) is 0.386. The highest BCUT2D eigenvalue weighted by molar-refractivity contribution is 6.23. The molecule has 5 aliphatic rings. The molecule has 0 bridgehead atoms. The highest BCUT2D eigenvalue weighted by Gasteiger charge is 2.45. The summed E-state index contributed by atoms with van der Waals surface area (Å²) in [5.41, 5.74) is 4.99. The number of nitrogens with one attached hydrogen (secondary N) is 3. The molecule has 62 heavy (non-hydrogen) atoms. The van der Waals surface area contributed by atoms with E-state index < -0.39 is 41.5 Å². The third-order valence-corrected chi connectivity index (χ3v) is 12.9. The van der Waals surface area contributed by atoms with Gasteiger partial charge in [0.2, 0.25) is 17.8 Å². The summed E-state index contributed by atoms with van der Waals surface area (Å²) in [5, 5.41) is 8.59. The van der Waals surface area contributed by atoms with Crippen molar-refractivity contribution in [2.45, 2.75) is 56.7 Å². The number of benzene rings is 2. The zero-order chi connectivity index (χ0) is 42.5. The van der Waals surface area contributed by atoms with Gasteiger partial charge in [0.25, 0.3) is 17.7 Å². The van der Waals surface area contributed by atoms with Crippen molar-refractivity contribution in [2.24, 2.45) is 5.92 Å². The van der Waals surface area contributed by atoms with Gasteiger partial charge in [-0.05, 0) is 92.6 Å². The first kappa shape index (κ1) is 39.3. The van der Waals surface area contributed by atoms with Gasteiger partial charge in [0.15, 0.2) is 17.0 Å². The lowest BCUT2D eigenvalue weighted by Crippen LogP contribution is -2.54. The molecule has 0 spiro atoms. The minimum atomic E-state index is -0.973. The minimum absolute atomic E-state index is 0.0559. The van der Waals surface area contributed by atoms with E-state index in [4.69, 9.17) is 0 Å². The van der Waals surface area contributed by atoms with E-state index in [0.29, 0.717) is 46.9 Å². The number of hydrogen-bond acceptors (Lipinski definition) is 13. The quantitative estimate of drug-likeness (QED) is 0.137. The molecule has 10 rings (SSSR count). The van der Waals surface area contributed by atoms with Crippen molar-refractivity contribution < 1.29 is 28.4 Å². The Kier molecular flexibility index (Phi) is 10.3. The molecule has 318 valence electrons. The van der Waals surface area contributed by atoms with E-state index in [9.17, 15) is 28.4 Å². The highest BCUT2D eigenvalue weighted by Crippen LogP contribution is 2.36. The van der Waals surface area contributed by atoms with Crippen LogP contribution in [0.1, 0.15) is 75.8 Å². The first-order valence-electron chi connectivity index (χ1n) is 21.2. The zero-order valence-corrected chi connectivity index (χ0v) is 33.9. The third kappa shape index (κ3) is 7.58. The molecule has 2 aromatic carbocycles. The number of rotatable bonds is 10. The van der Waals surface area contributed by atoms with Gasteiger partial charge in [0.05, 0.1) is 17.5 Å². The predicted octanol–water partition coefficient (Wildman–Crippen LogP) is 3.68. The van der Waals surface area contributed by atoms with Crippen LogP contribution in [0.2, 0.25) is 0 Å². The van der Waals surface area contributed by atoms with E-state index in [1.165, 1.54) is 24.5 Å². The molecule has 4 aliphatic heterocycles. The number of anilines is 4. The van der Waals surface area contributed by atoms with Gasteiger partial charge in [0.1, 0.15) is 18.1 Å². The number of amides is 5. The molecule has 5 aromatic rings. The lowest BCUT2D eigenvalue weighted by atomic mass is 9.86. The van der Waals surface area contributed by atoms with Crippen molar-refractivity contribution in [3.05, 3.63) is 96.1 Å². The molecule has 3 saturated heterocycles. The molecule has 1 saturated carbocycles. The van der Waals surface area contributed by atoms with E-state index in [1.807, 2.05) is 10.6 Å². The van der Waals surface area contributed by atoms with E-state index in [2.05, 4.69) is 74.9 Å². The Morgan fingerprint density at radius 2 is 1.55 bits per heavy atom. The Morgan fingerprint density at radius 3 is 2.31 bits per heavy atom. The summed E-state index contributed by atoms with van der Waals surface area (Å²) >= 11 is 0. The molecule has 1 atom stereocenters. The number of hydrogen-bond donors (Lipinski definition) is 3. The van der Waals surface area contributed by atoms with Crippen LogP contribution in [0, 0.1) is 11.9 Å². The van der Waals surface area contributed by atoms with E-state index >= 15 is 0 Å². The summed E-state index contributed by atoms with van der Waals surface area (Å²) < 4.78 is 15.5. The van der Waals surface area contributed by atoms with Crippen LogP contribution in [0.3, 0.4) is 0 Å². The predicted molar refractivity (Wildman–Crippen MR) is 225 cm³/mol. The van der Waals surface area contributed by atoms with Gasteiger partial charge in [-0.3, -0.25) is 39.1 Å². The van der Waals surface area contributed by atoms with Crippen LogP contribution in [0.15, 0.2) is 73.3 Å². The summed E-state index contributed by atoms with van der Waals surface area (Å²) in [4.78, 5) is 88.7. The number of imide groups is 2. The van der Waals surface area contributed by atoms with Crippen LogP contribution < -0.4 is 25.8 Å². The Morgan fingerprint density at radius 1 is 0.806 bits per heavy atom. The van der Waals surface area contributed by atoms with Crippen molar-refractivity contribution in [2.75, 3.05) is 60.9 Å². The van der Waals surface area contributed by atoms with Gasteiger partial charge >= 0.3 is 0 Å². The average molecular weight is 841 g/mol. The van der Waals surface area contributed by atoms with E-state index in [1.54, 1.807) is 18.5 Å². The molecule has 5 amide bonds. The van der Waals surface area contributed by atoms with Crippen molar-refractivity contribution in [3.63, 3.8) is 0 Å². The molecule has 1 unspecified atom stereocenters. The van der Waals surface area contributed by atoms with Crippen LogP contribution in [0.4, 0.5) is 27.3 Å². The largest absolute Gasteiger partial charge is 0.371 e. The normalized spacial score (nSPS) is 22.1. The number of carbonyl (C=O) groups is 5. The molecular weight excluding hydrogens is 796 g/mol. The van der Waals surface area contributed by atoms with Crippen LogP contribution in [-0.2, 0) is 9.59 Å². The van der Waals surface area contributed by atoms with Crippen molar-refractivity contribution in [3.8, 4) is 0 Å². The Bertz CT molecular complexity index is 2580. The first-order chi connectivity index (χ1) is 30.1. The van der Waals surface area contributed by atoms with Gasteiger partial charge in [0, 0.05) is 81.4 Å². The number of nitrogens with zero attached hydrogens (tertiary/aromatic N) is 9. The fourth-order valence-electron chi connectivity index (χ4n) is 9.41. The van der Waals surface area contributed by atoms with Crippen molar-refractivity contribution >= 4 is 63.6 Å².